The summed E-state index contributed by atoms with van der Waals surface area (Å²) in [6.45, 7) is 8.13. The Balaban J connectivity index is 1.54. The number of methoxy groups -OCH3 is 1. The zero-order valence-electron chi connectivity index (χ0n) is 24.1. The van der Waals surface area contributed by atoms with E-state index in [1.807, 2.05) is 54.6 Å². The van der Waals surface area contributed by atoms with Gasteiger partial charge in [-0.2, -0.15) is 0 Å². The van der Waals surface area contributed by atoms with Crippen LogP contribution in [0.3, 0.4) is 0 Å². The molecular weight excluding hydrogens is 528 g/mol. The van der Waals surface area contributed by atoms with Gasteiger partial charge in [0.2, 0.25) is 0 Å². The van der Waals surface area contributed by atoms with Gasteiger partial charge in [0.1, 0.15) is 12.4 Å². The number of esters is 1. The molecule has 7 heteroatoms. The SMILES string of the molecule is C=CC=CC/C=C(\C)C(=O)c1ccc(CN2CC(COc3cccc(C(=O)OC)c3)=Nc3ccccc32)cc1C(C)=O. The molecule has 0 amide bonds. The summed E-state index contributed by atoms with van der Waals surface area (Å²) in [6, 6.07) is 20.1. The van der Waals surface area contributed by atoms with Gasteiger partial charge in [-0.15, -0.1) is 0 Å². The van der Waals surface area contributed by atoms with Gasteiger partial charge in [-0.3, -0.25) is 14.6 Å². The highest BCUT2D eigenvalue weighted by Crippen LogP contribution is 2.33. The number of rotatable bonds is 12. The van der Waals surface area contributed by atoms with Crippen LogP contribution in [-0.4, -0.2) is 43.5 Å². The Bertz CT molecular complexity index is 1600. The lowest BCUT2D eigenvalue weighted by atomic mass is 9.94. The van der Waals surface area contributed by atoms with Crippen LogP contribution in [0.15, 0.2) is 108 Å². The molecule has 0 radical (unpaired) electrons. The Kier molecular flexibility index (Phi) is 10.0. The number of carbonyl (C=O) groups is 3. The largest absolute Gasteiger partial charge is 0.488 e. The van der Waals surface area contributed by atoms with Gasteiger partial charge in [-0.25, -0.2) is 4.79 Å². The number of allylic oxidation sites excluding steroid dienone is 5. The van der Waals surface area contributed by atoms with Gasteiger partial charge in [0, 0.05) is 17.7 Å². The molecule has 0 N–H and O–H groups in total. The summed E-state index contributed by atoms with van der Waals surface area (Å²) >= 11 is 0. The molecule has 214 valence electrons. The smallest absolute Gasteiger partial charge is 0.337 e. The van der Waals surface area contributed by atoms with Crippen molar-refractivity contribution in [2.24, 2.45) is 4.99 Å². The molecule has 0 bridgehead atoms. The number of para-hydroxylation sites is 2. The zero-order valence-corrected chi connectivity index (χ0v) is 24.1. The van der Waals surface area contributed by atoms with Crippen molar-refractivity contribution in [3.63, 3.8) is 0 Å². The first-order chi connectivity index (χ1) is 20.3. The number of ketones is 2. The lowest BCUT2D eigenvalue weighted by Crippen LogP contribution is -2.34. The van der Waals surface area contributed by atoms with Gasteiger partial charge in [0.05, 0.1) is 36.3 Å². The first kappa shape index (κ1) is 29.9. The van der Waals surface area contributed by atoms with Gasteiger partial charge >= 0.3 is 5.97 Å². The average molecular weight is 563 g/mol. The second-order valence-electron chi connectivity index (χ2n) is 9.88. The predicted octanol–water partition coefficient (Wildman–Crippen LogP) is 7.11. The van der Waals surface area contributed by atoms with Crippen molar-refractivity contribution in [1.29, 1.82) is 0 Å². The molecule has 1 heterocycles. The van der Waals surface area contributed by atoms with Gasteiger partial charge in [-0.1, -0.05) is 55.1 Å². The van der Waals surface area contributed by atoms with E-state index in [1.165, 1.54) is 14.0 Å². The monoisotopic (exact) mass is 562 g/mol. The van der Waals surface area contributed by atoms with Gasteiger partial charge < -0.3 is 14.4 Å². The van der Waals surface area contributed by atoms with Crippen molar-refractivity contribution in [2.45, 2.75) is 26.8 Å². The van der Waals surface area contributed by atoms with Crippen LogP contribution in [0.2, 0.25) is 0 Å². The minimum atomic E-state index is -0.430. The molecule has 0 fully saturated rings. The zero-order chi connectivity index (χ0) is 30.1. The molecule has 0 aromatic heterocycles. The van der Waals surface area contributed by atoms with Gasteiger partial charge in [0.25, 0.3) is 0 Å². The highest BCUT2D eigenvalue weighted by molar-refractivity contribution is 6.15. The number of benzene rings is 3. The third-order valence-electron chi connectivity index (χ3n) is 6.81. The molecule has 1 aliphatic rings. The van der Waals surface area contributed by atoms with Crippen molar-refractivity contribution >= 4 is 34.6 Å². The molecule has 3 aromatic rings. The number of hydrogen-bond donors (Lipinski definition) is 0. The first-order valence-electron chi connectivity index (χ1n) is 13.6. The van der Waals surface area contributed by atoms with Crippen molar-refractivity contribution < 1.29 is 23.9 Å². The molecule has 0 spiro atoms. The Morgan fingerprint density at radius 2 is 1.81 bits per heavy atom. The van der Waals surface area contributed by atoms with Crippen LogP contribution in [-0.2, 0) is 11.3 Å². The number of fused-ring (bicyclic) bond motifs is 1. The quantitative estimate of drug-likeness (QED) is 0.101. The van der Waals surface area contributed by atoms with E-state index >= 15 is 0 Å². The van der Waals surface area contributed by atoms with Crippen molar-refractivity contribution in [1.82, 2.24) is 0 Å². The number of aliphatic imine (C=N–C) groups is 1. The van der Waals surface area contributed by atoms with E-state index in [1.54, 1.807) is 43.3 Å². The first-order valence-corrected chi connectivity index (χ1v) is 13.6. The lowest BCUT2D eigenvalue weighted by molar-refractivity contribution is 0.0600. The normalized spacial score (nSPS) is 12.9. The lowest BCUT2D eigenvalue weighted by Gasteiger charge is -2.30. The fourth-order valence-corrected chi connectivity index (χ4v) is 4.68. The van der Waals surface area contributed by atoms with Crippen LogP contribution in [0.4, 0.5) is 11.4 Å². The number of Topliss-reactive ketones (excluding diaryl/α,β-unsaturated/α-hetero) is 2. The Morgan fingerprint density at radius 1 is 1.00 bits per heavy atom. The fourth-order valence-electron chi connectivity index (χ4n) is 4.68. The topological polar surface area (TPSA) is 85.3 Å². The molecule has 0 aliphatic carbocycles. The van der Waals surface area contributed by atoms with E-state index in [2.05, 4.69) is 11.5 Å². The predicted molar refractivity (Wildman–Crippen MR) is 166 cm³/mol. The minimum absolute atomic E-state index is 0.162. The molecule has 7 nitrogen and oxygen atoms in total. The summed E-state index contributed by atoms with van der Waals surface area (Å²) in [6.07, 6.45) is 7.88. The fraction of sp³-hybridized carbons (Fsp3) is 0.200. The standard InChI is InChI=1S/C35H34N2O5/c1-5-6-7-8-12-24(2)34(39)30-18-17-26(19-31(30)25(3)38)21-37-22-28(36-32-15-9-10-16-33(32)37)23-42-29-14-11-13-27(20-29)35(40)41-4/h5-7,9-20H,1,8,21-23H2,2-4H3/b7-6?,24-12+. The minimum Gasteiger partial charge on any atom is -0.488 e. The van der Waals surface area contributed by atoms with Gasteiger partial charge in [0.15, 0.2) is 11.6 Å². The molecule has 4 rings (SSSR count). The second-order valence-corrected chi connectivity index (χ2v) is 9.88. The average Bonchev–Trinajstić information content (AvgIpc) is 3.01. The summed E-state index contributed by atoms with van der Waals surface area (Å²) in [5.41, 5.74) is 5.28. The number of anilines is 1. The van der Waals surface area contributed by atoms with Crippen molar-refractivity contribution in [3.8, 4) is 5.75 Å². The van der Waals surface area contributed by atoms with E-state index in [0.29, 0.717) is 47.5 Å². The maximum Gasteiger partial charge on any atom is 0.337 e. The van der Waals surface area contributed by atoms with Crippen LogP contribution in [0.1, 0.15) is 56.9 Å². The molecule has 42 heavy (non-hydrogen) atoms. The number of hydrogen-bond acceptors (Lipinski definition) is 7. The molecule has 0 unspecified atom stereocenters. The van der Waals surface area contributed by atoms with Crippen LogP contribution >= 0.6 is 0 Å². The molecule has 3 aromatic carbocycles. The molecule has 0 saturated carbocycles. The molecule has 1 aliphatic heterocycles. The van der Waals surface area contributed by atoms with Gasteiger partial charge in [-0.05, 0) is 73.9 Å². The highest BCUT2D eigenvalue weighted by Gasteiger charge is 2.22. The maximum absolute atomic E-state index is 13.2. The summed E-state index contributed by atoms with van der Waals surface area (Å²) in [4.78, 5) is 44.7. The van der Waals surface area contributed by atoms with E-state index in [9.17, 15) is 14.4 Å². The molecule has 0 saturated heterocycles. The Labute approximate surface area is 246 Å². The summed E-state index contributed by atoms with van der Waals surface area (Å²) in [7, 11) is 1.34. The summed E-state index contributed by atoms with van der Waals surface area (Å²) in [5.74, 6) is -0.216. The summed E-state index contributed by atoms with van der Waals surface area (Å²) in [5, 5.41) is 0. The number of nitrogens with zero attached hydrogens (tertiary/aromatic N) is 2. The van der Waals surface area contributed by atoms with Crippen LogP contribution < -0.4 is 9.64 Å². The Hall–Kier alpha value is -5.04. The van der Waals surface area contributed by atoms with Crippen LogP contribution in [0.5, 0.6) is 5.75 Å². The third kappa shape index (κ3) is 7.37. The second kappa shape index (κ2) is 14.0. The Morgan fingerprint density at radius 3 is 2.57 bits per heavy atom. The van der Waals surface area contributed by atoms with E-state index in [4.69, 9.17) is 14.5 Å². The third-order valence-corrected chi connectivity index (χ3v) is 6.81. The van der Waals surface area contributed by atoms with Crippen molar-refractivity contribution in [3.05, 3.63) is 125 Å². The van der Waals surface area contributed by atoms with E-state index < -0.39 is 5.97 Å². The van der Waals surface area contributed by atoms with Crippen molar-refractivity contribution in [2.75, 3.05) is 25.2 Å². The van der Waals surface area contributed by atoms with E-state index in [-0.39, 0.29) is 18.2 Å². The summed E-state index contributed by atoms with van der Waals surface area (Å²) < 4.78 is 10.8. The van der Waals surface area contributed by atoms with E-state index in [0.717, 1.165) is 22.6 Å². The highest BCUT2D eigenvalue weighted by atomic mass is 16.5. The van der Waals surface area contributed by atoms with Crippen LogP contribution in [0, 0.1) is 0 Å². The maximum atomic E-state index is 13.2. The van der Waals surface area contributed by atoms with Crippen LogP contribution in [0.25, 0.3) is 0 Å². The number of ether oxygens (including phenoxy) is 2. The molecular formula is C35H34N2O5. The number of carbonyl (C=O) groups excluding carboxylic acids is 3. The molecule has 0 atom stereocenters.